The van der Waals surface area contributed by atoms with E-state index in [-0.39, 0.29) is 18.5 Å². The topological polar surface area (TPSA) is 69.6 Å². The number of carboxylic acids is 1. The van der Waals surface area contributed by atoms with E-state index < -0.39 is 5.97 Å². The molecule has 2 amide bonds. The van der Waals surface area contributed by atoms with Crippen LogP contribution in [0.2, 0.25) is 0 Å². The van der Waals surface area contributed by atoms with E-state index in [4.69, 9.17) is 5.11 Å². The van der Waals surface area contributed by atoms with E-state index in [9.17, 15) is 9.59 Å². The van der Waals surface area contributed by atoms with Crippen LogP contribution in [0.5, 0.6) is 0 Å². The molecule has 1 heterocycles. The third kappa shape index (κ3) is 4.44. The number of rotatable bonds is 5. The molecule has 0 aromatic carbocycles. The van der Waals surface area contributed by atoms with Crippen LogP contribution in [0.25, 0.3) is 0 Å². The van der Waals surface area contributed by atoms with Gasteiger partial charge in [-0.25, -0.2) is 4.79 Å². The molecule has 0 aromatic heterocycles. The summed E-state index contributed by atoms with van der Waals surface area (Å²) in [7, 11) is 0. The number of thioether (sulfide) groups is 1. The highest BCUT2D eigenvalue weighted by Crippen LogP contribution is 2.21. The lowest BCUT2D eigenvalue weighted by Gasteiger charge is -2.34. The Morgan fingerprint density at radius 2 is 2.35 bits per heavy atom. The standard InChI is InChI=1S/C14H22N2O3S/c17-13(18)9-12-10-20-8-7-16(12)14(19)15-6-5-11-3-1-2-4-11/h3,12H,1-2,4-10H2,(H,15,19)(H,17,18). The maximum Gasteiger partial charge on any atom is 0.317 e. The number of amides is 2. The van der Waals surface area contributed by atoms with Crippen molar-refractivity contribution in [1.82, 2.24) is 10.2 Å². The van der Waals surface area contributed by atoms with E-state index in [1.165, 1.54) is 12.0 Å². The van der Waals surface area contributed by atoms with Crippen LogP contribution in [0, 0.1) is 0 Å². The van der Waals surface area contributed by atoms with Gasteiger partial charge in [0.15, 0.2) is 0 Å². The molecule has 2 rings (SSSR count). The second-order valence-electron chi connectivity index (χ2n) is 5.26. The van der Waals surface area contributed by atoms with Gasteiger partial charge >= 0.3 is 12.0 Å². The van der Waals surface area contributed by atoms with Crippen LogP contribution in [-0.2, 0) is 4.79 Å². The Balaban J connectivity index is 1.77. The van der Waals surface area contributed by atoms with Gasteiger partial charge in [0.25, 0.3) is 0 Å². The number of carboxylic acid groups (broad SMARTS) is 1. The van der Waals surface area contributed by atoms with Gasteiger partial charge in [-0.15, -0.1) is 0 Å². The first kappa shape index (κ1) is 15.2. The van der Waals surface area contributed by atoms with Crippen molar-refractivity contribution in [3.8, 4) is 0 Å². The molecule has 0 bridgehead atoms. The Labute approximate surface area is 123 Å². The number of hydrogen-bond donors (Lipinski definition) is 2. The zero-order valence-corrected chi connectivity index (χ0v) is 12.5. The summed E-state index contributed by atoms with van der Waals surface area (Å²) in [6.45, 7) is 1.28. The number of allylic oxidation sites excluding steroid dienone is 1. The minimum absolute atomic E-state index is 0.0333. The molecule has 1 aliphatic heterocycles. The van der Waals surface area contributed by atoms with Crippen LogP contribution in [0.3, 0.4) is 0 Å². The Morgan fingerprint density at radius 1 is 1.50 bits per heavy atom. The van der Waals surface area contributed by atoms with E-state index in [1.54, 1.807) is 16.7 Å². The van der Waals surface area contributed by atoms with Gasteiger partial charge in [0, 0.05) is 24.6 Å². The van der Waals surface area contributed by atoms with Crippen LogP contribution < -0.4 is 5.32 Å². The lowest BCUT2D eigenvalue weighted by atomic mass is 10.1. The summed E-state index contributed by atoms with van der Waals surface area (Å²) in [6.07, 6.45) is 6.75. The number of aliphatic carboxylic acids is 1. The summed E-state index contributed by atoms with van der Waals surface area (Å²) in [6, 6.07) is -0.299. The summed E-state index contributed by atoms with van der Waals surface area (Å²) < 4.78 is 0. The van der Waals surface area contributed by atoms with E-state index in [0.717, 1.165) is 25.0 Å². The molecule has 2 aliphatic rings. The van der Waals surface area contributed by atoms with Gasteiger partial charge < -0.3 is 15.3 Å². The maximum atomic E-state index is 12.2. The second kappa shape index (κ2) is 7.57. The van der Waals surface area contributed by atoms with E-state index >= 15 is 0 Å². The molecular formula is C14H22N2O3S. The fourth-order valence-corrected chi connectivity index (χ4v) is 3.75. The van der Waals surface area contributed by atoms with E-state index in [2.05, 4.69) is 11.4 Å². The molecule has 1 fully saturated rings. The average molecular weight is 298 g/mol. The molecule has 1 saturated heterocycles. The van der Waals surface area contributed by atoms with Crippen LogP contribution in [0.4, 0.5) is 4.79 Å². The number of carbonyl (C=O) groups excluding carboxylic acids is 1. The van der Waals surface area contributed by atoms with Gasteiger partial charge in [0.05, 0.1) is 12.5 Å². The van der Waals surface area contributed by atoms with Gasteiger partial charge in [-0.3, -0.25) is 4.79 Å². The largest absolute Gasteiger partial charge is 0.481 e. The molecular weight excluding hydrogens is 276 g/mol. The molecule has 1 atom stereocenters. The Kier molecular flexibility index (Phi) is 5.76. The zero-order chi connectivity index (χ0) is 14.4. The van der Waals surface area contributed by atoms with Crippen molar-refractivity contribution >= 4 is 23.8 Å². The number of nitrogens with one attached hydrogen (secondary N) is 1. The summed E-state index contributed by atoms with van der Waals surface area (Å²) >= 11 is 1.72. The van der Waals surface area contributed by atoms with E-state index in [0.29, 0.717) is 18.8 Å². The van der Waals surface area contributed by atoms with Crippen molar-refractivity contribution in [3.05, 3.63) is 11.6 Å². The van der Waals surface area contributed by atoms with Crippen molar-refractivity contribution in [2.75, 3.05) is 24.6 Å². The Bertz CT molecular complexity index is 398. The molecule has 0 spiro atoms. The molecule has 6 heteroatoms. The lowest BCUT2D eigenvalue weighted by molar-refractivity contribution is -0.137. The first-order chi connectivity index (χ1) is 9.66. The molecule has 1 unspecified atom stereocenters. The fourth-order valence-electron chi connectivity index (χ4n) is 2.69. The van der Waals surface area contributed by atoms with Crippen molar-refractivity contribution in [2.24, 2.45) is 0 Å². The second-order valence-corrected chi connectivity index (χ2v) is 6.41. The molecule has 112 valence electrons. The number of nitrogens with zero attached hydrogens (tertiary/aromatic N) is 1. The summed E-state index contributed by atoms with van der Waals surface area (Å²) in [5.41, 5.74) is 1.43. The Morgan fingerprint density at radius 3 is 3.05 bits per heavy atom. The molecule has 0 saturated carbocycles. The van der Waals surface area contributed by atoms with Gasteiger partial charge in [0.1, 0.15) is 0 Å². The molecule has 5 nitrogen and oxygen atoms in total. The first-order valence-electron chi connectivity index (χ1n) is 7.18. The third-order valence-corrected chi connectivity index (χ3v) is 4.85. The predicted molar refractivity (Wildman–Crippen MR) is 80.0 cm³/mol. The minimum Gasteiger partial charge on any atom is -0.481 e. The van der Waals surface area contributed by atoms with Crippen molar-refractivity contribution in [1.29, 1.82) is 0 Å². The van der Waals surface area contributed by atoms with E-state index in [1.807, 2.05) is 0 Å². The van der Waals surface area contributed by atoms with Gasteiger partial charge in [-0.2, -0.15) is 11.8 Å². The van der Waals surface area contributed by atoms with Crippen LogP contribution in [-0.4, -0.2) is 52.6 Å². The fraction of sp³-hybridized carbons (Fsp3) is 0.714. The van der Waals surface area contributed by atoms with Gasteiger partial charge in [-0.05, 0) is 25.7 Å². The lowest BCUT2D eigenvalue weighted by Crippen LogP contribution is -2.51. The SMILES string of the molecule is O=C(O)CC1CSCCN1C(=O)NCCC1=CCCC1. The molecule has 0 aromatic rings. The maximum absolute atomic E-state index is 12.2. The van der Waals surface area contributed by atoms with Crippen molar-refractivity contribution in [3.63, 3.8) is 0 Å². The zero-order valence-electron chi connectivity index (χ0n) is 11.6. The smallest absolute Gasteiger partial charge is 0.317 e. The van der Waals surface area contributed by atoms with Gasteiger partial charge in [0.2, 0.25) is 0 Å². The van der Waals surface area contributed by atoms with Crippen LogP contribution >= 0.6 is 11.8 Å². The highest BCUT2D eigenvalue weighted by molar-refractivity contribution is 7.99. The monoisotopic (exact) mass is 298 g/mol. The Hall–Kier alpha value is -1.17. The molecule has 1 aliphatic carbocycles. The van der Waals surface area contributed by atoms with Crippen molar-refractivity contribution < 1.29 is 14.7 Å². The third-order valence-electron chi connectivity index (χ3n) is 3.76. The normalized spacial score (nSPS) is 22.5. The predicted octanol–water partition coefficient (Wildman–Crippen LogP) is 2.09. The number of hydrogen-bond acceptors (Lipinski definition) is 3. The first-order valence-corrected chi connectivity index (χ1v) is 8.34. The summed E-state index contributed by atoms with van der Waals surface area (Å²) in [5, 5.41) is 11.8. The summed E-state index contributed by atoms with van der Waals surface area (Å²) in [4.78, 5) is 24.7. The highest BCUT2D eigenvalue weighted by Gasteiger charge is 2.28. The highest BCUT2D eigenvalue weighted by atomic mass is 32.2. The van der Waals surface area contributed by atoms with Gasteiger partial charge in [-0.1, -0.05) is 11.6 Å². The van der Waals surface area contributed by atoms with Crippen molar-refractivity contribution in [2.45, 2.75) is 38.1 Å². The minimum atomic E-state index is -0.841. The summed E-state index contributed by atoms with van der Waals surface area (Å²) in [5.74, 6) is 0.756. The van der Waals surface area contributed by atoms with Crippen LogP contribution in [0.1, 0.15) is 32.1 Å². The number of urea groups is 1. The number of carbonyl (C=O) groups is 2. The molecule has 20 heavy (non-hydrogen) atoms. The van der Waals surface area contributed by atoms with Crippen LogP contribution in [0.15, 0.2) is 11.6 Å². The molecule has 0 radical (unpaired) electrons. The quantitative estimate of drug-likeness (QED) is 0.763. The average Bonchev–Trinajstić information content (AvgIpc) is 2.91. The molecule has 2 N–H and O–H groups in total.